The number of benzene rings is 2. The van der Waals surface area contributed by atoms with Gasteiger partial charge in [0.1, 0.15) is 23.2 Å². The molecule has 0 aliphatic rings. The summed E-state index contributed by atoms with van der Waals surface area (Å²) in [6.07, 6.45) is 0. The van der Waals surface area contributed by atoms with Crippen LogP contribution in [0.5, 0.6) is 5.75 Å². The molecule has 12 heteroatoms. The summed E-state index contributed by atoms with van der Waals surface area (Å²) < 4.78 is 29.0. The van der Waals surface area contributed by atoms with Gasteiger partial charge in [-0.15, -0.1) is 21.5 Å². The van der Waals surface area contributed by atoms with Crippen molar-refractivity contribution in [2.75, 3.05) is 0 Å². The van der Waals surface area contributed by atoms with Gasteiger partial charge in [-0.2, -0.15) is 0 Å². The van der Waals surface area contributed by atoms with Crippen LogP contribution in [-0.4, -0.2) is 26.1 Å². The fraction of sp³-hybridized carbons (Fsp3) is 0.100. The van der Waals surface area contributed by atoms with Crippen LogP contribution in [0.2, 0.25) is 0 Å². The molecule has 4 aromatic rings. The van der Waals surface area contributed by atoms with E-state index in [9.17, 15) is 19.3 Å². The third kappa shape index (κ3) is 5.10. The lowest BCUT2D eigenvalue weighted by molar-refractivity contribution is -0.384. The van der Waals surface area contributed by atoms with Gasteiger partial charge in [-0.25, -0.2) is 14.2 Å². The highest BCUT2D eigenvalue weighted by Crippen LogP contribution is 2.22. The molecule has 0 N–H and O–H groups in total. The van der Waals surface area contributed by atoms with Crippen molar-refractivity contribution in [1.29, 1.82) is 0 Å². The largest absolute Gasteiger partial charge is 0.486 e. The minimum Gasteiger partial charge on any atom is -0.486 e. The Labute approximate surface area is 183 Å². The van der Waals surface area contributed by atoms with E-state index in [0.29, 0.717) is 16.3 Å². The Morgan fingerprint density at radius 2 is 1.84 bits per heavy atom. The smallest absolute Gasteiger partial charge is 0.358 e. The molecular weight excluding hydrogens is 443 g/mol. The average molecular weight is 456 g/mol. The highest BCUT2D eigenvalue weighted by Gasteiger charge is 2.16. The van der Waals surface area contributed by atoms with Crippen LogP contribution in [0.1, 0.15) is 21.4 Å². The van der Waals surface area contributed by atoms with Gasteiger partial charge >= 0.3 is 5.97 Å². The van der Waals surface area contributed by atoms with E-state index in [2.05, 4.69) is 15.2 Å². The van der Waals surface area contributed by atoms with Crippen molar-refractivity contribution in [1.82, 2.24) is 15.2 Å². The number of esters is 1. The molecule has 0 unspecified atom stereocenters. The molecule has 0 radical (unpaired) electrons. The van der Waals surface area contributed by atoms with Gasteiger partial charge in [0.25, 0.3) is 11.6 Å². The molecule has 162 valence electrons. The molecule has 0 amide bonds. The molecule has 2 aromatic heterocycles. The van der Waals surface area contributed by atoms with Crippen molar-refractivity contribution in [2.45, 2.75) is 13.2 Å². The maximum Gasteiger partial charge on any atom is 0.358 e. The minimum absolute atomic E-state index is 0.0572. The second-order valence-corrected chi connectivity index (χ2v) is 7.19. The number of nitro groups is 1. The Balaban J connectivity index is 1.30. The summed E-state index contributed by atoms with van der Waals surface area (Å²) in [6, 6.07) is 11.1. The lowest BCUT2D eigenvalue weighted by Crippen LogP contribution is -2.06. The summed E-state index contributed by atoms with van der Waals surface area (Å²) in [6.45, 7) is -0.149. The maximum atomic E-state index is 12.9. The van der Waals surface area contributed by atoms with Crippen LogP contribution in [0.25, 0.3) is 11.5 Å². The first-order chi connectivity index (χ1) is 15.5. The lowest BCUT2D eigenvalue weighted by atomic mass is 10.2. The van der Waals surface area contributed by atoms with Crippen molar-refractivity contribution >= 4 is 23.0 Å². The summed E-state index contributed by atoms with van der Waals surface area (Å²) in [5.74, 6) is -0.366. The van der Waals surface area contributed by atoms with Crippen LogP contribution in [0.15, 0.2) is 58.3 Å². The van der Waals surface area contributed by atoms with Crippen LogP contribution in [0.4, 0.5) is 10.1 Å². The van der Waals surface area contributed by atoms with Crippen molar-refractivity contribution in [3.05, 3.63) is 86.4 Å². The Kier molecular flexibility index (Phi) is 6.12. The first kappa shape index (κ1) is 21.1. The SMILES string of the molecule is O=C(OCc1nnc(-c2ccc([N+](=O)[O-])cc2)o1)c1csc(COc2ccc(F)cc2)n1. The Morgan fingerprint density at radius 3 is 2.56 bits per heavy atom. The summed E-state index contributed by atoms with van der Waals surface area (Å²) in [4.78, 5) is 26.6. The Bertz CT molecular complexity index is 1240. The zero-order valence-corrected chi connectivity index (χ0v) is 17.0. The van der Waals surface area contributed by atoms with Crippen LogP contribution < -0.4 is 4.74 Å². The molecular formula is C20H13FN4O6S. The molecule has 0 saturated heterocycles. The van der Waals surface area contributed by atoms with Crippen LogP contribution in [0, 0.1) is 15.9 Å². The molecule has 32 heavy (non-hydrogen) atoms. The molecule has 0 bridgehead atoms. The number of carbonyl (C=O) groups is 1. The van der Waals surface area contributed by atoms with E-state index in [1.54, 1.807) is 0 Å². The average Bonchev–Trinajstić information content (AvgIpc) is 3.47. The number of thiazole rings is 1. The second kappa shape index (κ2) is 9.31. The third-order valence-corrected chi connectivity index (χ3v) is 4.88. The highest BCUT2D eigenvalue weighted by molar-refractivity contribution is 7.09. The quantitative estimate of drug-likeness (QED) is 0.218. The third-order valence-electron chi connectivity index (χ3n) is 4.06. The molecule has 10 nitrogen and oxygen atoms in total. The first-order valence-electron chi connectivity index (χ1n) is 9.05. The Hall–Kier alpha value is -4.19. The van der Waals surface area contributed by atoms with Gasteiger partial charge in [-0.1, -0.05) is 0 Å². The van der Waals surface area contributed by atoms with Gasteiger partial charge in [-0.3, -0.25) is 10.1 Å². The van der Waals surface area contributed by atoms with Gasteiger partial charge in [0, 0.05) is 23.1 Å². The highest BCUT2D eigenvalue weighted by atomic mass is 32.1. The molecule has 2 heterocycles. The summed E-state index contributed by atoms with van der Waals surface area (Å²) >= 11 is 1.22. The van der Waals surface area contributed by atoms with E-state index in [0.717, 1.165) is 0 Å². The van der Waals surface area contributed by atoms with Crippen LogP contribution in [-0.2, 0) is 18.0 Å². The van der Waals surface area contributed by atoms with Crippen molar-refractivity contribution in [2.24, 2.45) is 0 Å². The predicted octanol–water partition coefficient (Wildman–Crippen LogP) is 4.18. The second-order valence-electron chi connectivity index (χ2n) is 6.25. The molecule has 4 rings (SSSR count). The van der Waals surface area contributed by atoms with Crippen molar-refractivity contribution < 1.29 is 28.0 Å². The summed E-state index contributed by atoms with van der Waals surface area (Å²) in [5, 5.41) is 20.4. The van der Waals surface area contributed by atoms with Crippen molar-refractivity contribution in [3.63, 3.8) is 0 Å². The zero-order chi connectivity index (χ0) is 22.5. The lowest BCUT2D eigenvalue weighted by Gasteiger charge is -2.03. The number of non-ortho nitro benzene ring substituents is 1. The van der Waals surface area contributed by atoms with E-state index in [4.69, 9.17) is 13.9 Å². The number of nitro benzene ring substituents is 1. The topological polar surface area (TPSA) is 130 Å². The number of aromatic nitrogens is 3. The van der Waals surface area contributed by atoms with E-state index in [-0.39, 0.29) is 42.2 Å². The number of carbonyl (C=O) groups excluding carboxylic acids is 1. The maximum absolute atomic E-state index is 12.9. The first-order valence-corrected chi connectivity index (χ1v) is 9.93. The fourth-order valence-corrected chi connectivity index (χ4v) is 3.18. The number of ether oxygens (including phenoxy) is 2. The molecule has 0 aliphatic carbocycles. The van der Waals surface area contributed by atoms with Gasteiger partial charge < -0.3 is 13.9 Å². The fourth-order valence-electron chi connectivity index (χ4n) is 2.50. The number of rotatable bonds is 8. The standard InChI is InChI=1S/C20H13FN4O6S/c21-13-3-7-15(8-4-13)29-10-18-22-16(11-32-18)20(26)30-9-17-23-24-19(31-17)12-1-5-14(6-2-12)25(27)28/h1-8,11H,9-10H2. The molecule has 0 saturated carbocycles. The number of halogens is 1. The van der Waals surface area contributed by atoms with E-state index >= 15 is 0 Å². The minimum atomic E-state index is -0.677. The van der Waals surface area contributed by atoms with Gasteiger partial charge in [0.2, 0.25) is 5.89 Å². The van der Waals surface area contributed by atoms with Crippen molar-refractivity contribution in [3.8, 4) is 17.2 Å². The van der Waals surface area contributed by atoms with Gasteiger partial charge in [-0.05, 0) is 36.4 Å². The molecule has 2 aromatic carbocycles. The molecule has 0 aliphatic heterocycles. The molecule has 0 spiro atoms. The van der Waals surface area contributed by atoms with Gasteiger partial charge in [0.05, 0.1) is 4.92 Å². The number of nitrogens with zero attached hydrogens (tertiary/aromatic N) is 4. The zero-order valence-electron chi connectivity index (χ0n) is 16.1. The van der Waals surface area contributed by atoms with Crippen LogP contribution in [0.3, 0.4) is 0 Å². The van der Waals surface area contributed by atoms with E-state index in [1.807, 2.05) is 0 Å². The number of hydrogen-bond acceptors (Lipinski definition) is 10. The summed E-state index contributed by atoms with van der Waals surface area (Å²) in [5.41, 5.74) is 0.530. The monoisotopic (exact) mass is 456 g/mol. The van der Waals surface area contributed by atoms with Gasteiger partial charge in [0.15, 0.2) is 12.3 Å². The summed E-state index contributed by atoms with van der Waals surface area (Å²) in [7, 11) is 0. The molecule has 0 atom stereocenters. The molecule has 0 fully saturated rings. The van der Waals surface area contributed by atoms with Crippen LogP contribution >= 0.6 is 11.3 Å². The van der Waals surface area contributed by atoms with E-state index in [1.165, 1.54) is 65.2 Å². The normalized spacial score (nSPS) is 10.7. The number of hydrogen-bond donors (Lipinski definition) is 0. The Morgan fingerprint density at radius 1 is 1.09 bits per heavy atom. The van der Waals surface area contributed by atoms with E-state index < -0.39 is 10.9 Å². The predicted molar refractivity (Wildman–Crippen MR) is 108 cm³/mol.